The van der Waals surface area contributed by atoms with Gasteiger partial charge < -0.3 is 10.6 Å². The molecular formula is C20H21N3O2S. The number of nitrogens with zero attached hydrogens (tertiary/aromatic N) is 1. The number of hydrogen-bond acceptors (Lipinski definition) is 4. The van der Waals surface area contributed by atoms with Gasteiger partial charge in [0.05, 0.1) is 18.2 Å². The molecule has 0 saturated carbocycles. The summed E-state index contributed by atoms with van der Waals surface area (Å²) in [7, 11) is 0. The van der Waals surface area contributed by atoms with Crippen molar-refractivity contribution < 1.29 is 9.59 Å². The summed E-state index contributed by atoms with van der Waals surface area (Å²) in [5, 5.41) is 6.15. The van der Waals surface area contributed by atoms with Gasteiger partial charge in [-0.05, 0) is 17.5 Å². The van der Waals surface area contributed by atoms with E-state index in [-0.39, 0.29) is 23.6 Å². The van der Waals surface area contributed by atoms with Crippen molar-refractivity contribution in [1.29, 1.82) is 0 Å². The van der Waals surface area contributed by atoms with Crippen LogP contribution in [0.15, 0.2) is 65.7 Å². The van der Waals surface area contributed by atoms with Crippen LogP contribution in [0.2, 0.25) is 0 Å². The lowest BCUT2D eigenvalue weighted by molar-refractivity contribution is -0.120. The molecule has 0 aromatic heterocycles. The number of amidine groups is 1. The highest BCUT2D eigenvalue weighted by molar-refractivity contribution is 8.14. The van der Waals surface area contributed by atoms with Gasteiger partial charge in [0.15, 0.2) is 5.17 Å². The van der Waals surface area contributed by atoms with E-state index >= 15 is 0 Å². The number of carbonyl (C=O) groups is 2. The van der Waals surface area contributed by atoms with E-state index in [0.717, 1.165) is 12.0 Å². The molecule has 134 valence electrons. The van der Waals surface area contributed by atoms with E-state index in [1.54, 1.807) is 0 Å². The second-order valence-corrected chi connectivity index (χ2v) is 6.95. The fourth-order valence-electron chi connectivity index (χ4n) is 2.68. The fraction of sp³-hybridized carbons (Fsp3) is 0.250. The van der Waals surface area contributed by atoms with Crippen molar-refractivity contribution in [3.05, 3.63) is 71.8 Å². The molecule has 0 radical (unpaired) electrons. The first-order valence-corrected chi connectivity index (χ1v) is 9.55. The fourth-order valence-corrected chi connectivity index (χ4v) is 3.44. The summed E-state index contributed by atoms with van der Waals surface area (Å²) >= 11 is 1.26. The van der Waals surface area contributed by atoms with Crippen LogP contribution in [0.25, 0.3) is 0 Å². The molecule has 0 saturated heterocycles. The lowest BCUT2D eigenvalue weighted by Crippen LogP contribution is -2.35. The smallest absolute Gasteiger partial charge is 0.230 e. The van der Waals surface area contributed by atoms with E-state index in [1.165, 1.54) is 17.3 Å². The molecule has 0 spiro atoms. The van der Waals surface area contributed by atoms with E-state index in [4.69, 9.17) is 0 Å². The van der Waals surface area contributed by atoms with Gasteiger partial charge >= 0.3 is 0 Å². The number of benzene rings is 2. The summed E-state index contributed by atoms with van der Waals surface area (Å²) in [6.45, 7) is 0.592. The van der Waals surface area contributed by atoms with Crippen LogP contribution in [-0.4, -0.2) is 29.3 Å². The molecule has 2 N–H and O–H groups in total. The van der Waals surface area contributed by atoms with Crippen LogP contribution in [0.3, 0.4) is 0 Å². The molecule has 0 unspecified atom stereocenters. The van der Waals surface area contributed by atoms with Crippen LogP contribution in [-0.2, 0) is 16.0 Å². The summed E-state index contributed by atoms with van der Waals surface area (Å²) in [6, 6.07) is 19.6. The highest BCUT2D eigenvalue weighted by Crippen LogP contribution is 2.25. The zero-order valence-electron chi connectivity index (χ0n) is 14.4. The number of nitrogens with one attached hydrogen (secondary N) is 2. The minimum Gasteiger partial charge on any atom is -0.355 e. The largest absolute Gasteiger partial charge is 0.355 e. The molecule has 1 aliphatic heterocycles. The Balaban J connectivity index is 1.47. The predicted molar refractivity (Wildman–Crippen MR) is 105 cm³/mol. The number of thioether (sulfide) groups is 1. The zero-order valence-corrected chi connectivity index (χ0v) is 15.2. The van der Waals surface area contributed by atoms with Crippen LogP contribution >= 0.6 is 11.8 Å². The highest BCUT2D eigenvalue weighted by atomic mass is 32.2. The summed E-state index contributed by atoms with van der Waals surface area (Å²) < 4.78 is 0. The SMILES string of the molecule is O=C(CSC1=N[C@@H](c2ccccc2)CC(=O)N1)NCCc1ccccc1. The molecule has 0 bridgehead atoms. The lowest BCUT2D eigenvalue weighted by atomic mass is 10.0. The topological polar surface area (TPSA) is 70.6 Å². The molecule has 26 heavy (non-hydrogen) atoms. The summed E-state index contributed by atoms with van der Waals surface area (Å²) in [5.74, 6) is 0.0978. The molecule has 6 heteroatoms. The molecule has 3 rings (SSSR count). The van der Waals surface area contributed by atoms with Crippen LogP contribution in [0.5, 0.6) is 0 Å². The molecule has 0 fully saturated rings. The molecule has 1 heterocycles. The molecule has 1 aliphatic rings. The van der Waals surface area contributed by atoms with Gasteiger partial charge in [0.2, 0.25) is 11.8 Å². The first kappa shape index (κ1) is 18.2. The third-order valence-electron chi connectivity index (χ3n) is 4.00. The van der Waals surface area contributed by atoms with Crippen molar-refractivity contribution in [3.63, 3.8) is 0 Å². The number of rotatable bonds is 6. The predicted octanol–water partition coefficient (Wildman–Crippen LogP) is 2.70. The van der Waals surface area contributed by atoms with Crippen molar-refractivity contribution in [2.45, 2.75) is 18.9 Å². The molecule has 2 amide bonds. The molecule has 2 aromatic rings. The van der Waals surface area contributed by atoms with Gasteiger partial charge in [-0.15, -0.1) is 0 Å². The second-order valence-electron chi connectivity index (χ2n) is 5.99. The van der Waals surface area contributed by atoms with Gasteiger partial charge in [-0.3, -0.25) is 14.6 Å². The van der Waals surface area contributed by atoms with Gasteiger partial charge in [-0.25, -0.2) is 0 Å². The Morgan fingerprint density at radius 3 is 2.54 bits per heavy atom. The van der Waals surface area contributed by atoms with E-state index in [9.17, 15) is 9.59 Å². The van der Waals surface area contributed by atoms with Gasteiger partial charge in [0.1, 0.15) is 0 Å². The maximum Gasteiger partial charge on any atom is 0.230 e. The summed E-state index contributed by atoms with van der Waals surface area (Å²) in [4.78, 5) is 28.5. The van der Waals surface area contributed by atoms with E-state index in [2.05, 4.69) is 15.6 Å². The van der Waals surface area contributed by atoms with E-state index in [0.29, 0.717) is 18.1 Å². The monoisotopic (exact) mass is 367 g/mol. The maximum absolute atomic E-state index is 12.0. The summed E-state index contributed by atoms with van der Waals surface area (Å²) in [5.41, 5.74) is 2.20. The normalized spacial score (nSPS) is 16.5. The Kier molecular flexibility index (Phi) is 6.44. The minimum atomic E-state index is -0.186. The van der Waals surface area contributed by atoms with Gasteiger partial charge in [-0.1, -0.05) is 72.4 Å². The van der Waals surface area contributed by atoms with Crippen molar-refractivity contribution in [2.24, 2.45) is 4.99 Å². The number of aliphatic imine (C=N–C) groups is 1. The third-order valence-corrected chi connectivity index (χ3v) is 4.89. The molecule has 5 nitrogen and oxygen atoms in total. The highest BCUT2D eigenvalue weighted by Gasteiger charge is 2.22. The van der Waals surface area contributed by atoms with E-state index in [1.807, 2.05) is 60.7 Å². The minimum absolute atomic E-state index is 0.0651. The van der Waals surface area contributed by atoms with Crippen molar-refractivity contribution in [3.8, 4) is 0 Å². The van der Waals surface area contributed by atoms with Crippen LogP contribution in [0, 0.1) is 0 Å². The Bertz CT molecular complexity index is 778. The average molecular weight is 367 g/mol. The Labute approximate surface area is 157 Å². The van der Waals surface area contributed by atoms with Crippen molar-refractivity contribution >= 4 is 28.7 Å². The number of hydrogen-bond donors (Lipinski definition) is 2. The summed E-state index contributed by atoms with van der Waals surface area (Å²) in [6.07, 6.45) is 1.13. The Hall–Kier alpha value is -2.60. The lowest BCUT2D eigenvalue weighted by Gasteiger charge is -2.20. The molecule has 0 aliphatic carbocycles. The van der Waals surface area contributed by atoms with Gasteiger partial charge in [0.25, 0.3) is 0 Å². The standard InChI is InChI=1S/C20H21N3O2S/c24-18-13-17(16-9-5-2-6-10-16)22-20(23-18)26-14-19(25)21-12-11-15-7-3-1-4-8-15/h1-10,17H,11-14H2,(H,21,25)(H,22,23,24)/t17-/m1/s1. The van der Waals surface area contributed by atoms with Crippen LogP contribution < -0.4 is 10.6 Å². The van der Waals surface area contributed by atoms with E-state index < -0.39 is 0 Å². The first-order chi connectivity index (χ1) is 12.7. The van der Waals surface area contributed by atoms with Crippen molar-refractivity contribution in [2.75, 3.05) is 12.3 Å². The Morgan fingerprint density at radius 1 is 1.12 bits per heavy atom. The average Bonchev–Trinajstić information content (AvgIpc) is 2.67. The van der Waals surface area contributed by atoms with Crippen molar-refractivity contribution in [1.82, 2.24) is 10.6 Å². The number of carbonyl (C=O) groups excluding carboxylic acids is 2. The molecule has 1 atom stereocenters. The van der Waals surface area contributed by atoms with Crippen LogP contribution in [0.1, 0.15) is 23.6 Å². The zero-order chi connectivity index (χ0) is 18.2. The van der Waals surface area contributed by atoms with Gasteiger partial charge in [0, 0.05) is 6.54 Å². The van der Waals surface area contributed by atoms with Crippen LogP contribution in [0.4, 0.5) is 0 Å². The first-order valence-electron chi connectivity index (χ1n) is 8.57. The second kappa shape index (κ2) is 9.20. The third kappa shape index (κ3) is 5.46. The Morgan fingerprint density at radius 2 is 1.81 bits per heavy atom. The number of amides is 2. The van der Waals surface area contributed by atoms with Gasteiger partial charge in [-0.2, -0.15) is 0 Å². The quantitative estimate of drug-likeness (QED) is 0.825. The maximum atomic E-state index is 12.0. The molecular weight excluding hydrogens is 346 g/mol. The molecule has 2 aromatic carbocycles.